The molecule has 2 atom stereocenters. The molecule has 2 rings (SSSR count). The highest BCUT2D eigenvalue weighted by atomic mass is 16.3. The molecule has 2 heteroatoms. The van der Waals surface area contributed by atoms with E-state index in [1.807, 2.05) is 13.1 Å². The summed E-state index contributed by atoms with van der Waals surface area (Å²) in [6.07, 6.45) is 0.606. The molecule has 0 amide bonds. The van der Waals surface area contributed by atoms with Gasteiger partial charge in [0.15, 0.2) is 0 Å². The lowest BCUT2D eigenvalue weighted by atomic mass is 10.1. The molecule has 0 bridgehead atoms. The summed E-state index contributed by atoms with van der Waals surface area (Å²) in [5.74, 6) is 0. The number of nitrogens with one attached hydrogen (secondary N) is 1. The van der Waals surface area contributed by atoms with Gasteiger partial charge in [-0.25, -0.2) is 0 Å². The summed E-state index contributed by atoms with van der Waals surface area (Å²) in [7, 11) is 1.90. The molecule has 0 aromatic heterocycles. The highest BCUT2D eigenvalue weighted by Crippen LogP contribution is 2.31. The fourth-order valence-electron chi connectivity index (χ4n) is 2.03. The van der Waals surface area contributed by atoms with E-state index < -0.39 is 0 Å². The van der Waals surface area contributed by atoms with E-state index in [9.17, 15) is 5.11 Å². The molecule has 0 saturated heterocycles. The van der Waals surface area contributed by atoms with Crippen molar-refractivity contribution in [3.8, 4) is 0 Å². The molecule has 13 heavy (non-hydrogen) atoms. The average Bonchev–Trinajstić information content (AvgIpc) is 2.42. The number of benzene rings is 1. The van der Waals surface area contributed by atoms with Crippen LogP contribution in [0.3, 0.4) is 0 Å². The third-order valence-corrected chi connectivity index (χ3v) is 2.81. The molecule has 0 unspecified atom stereocenters. The Morgan fingerprint density at radius 1 is 1.46 bits per heavy atom. The van der Waals surface area contributed by atoms with Gasteiger partial charge in [0.1, 0.15) is 0 Å². The predicted molar refractivity (Wildman–Crippen MR) is 52.7 cm³/mol. The van der Waals surface area contributed by atoms with Gasteiger partial charge in [0.25, 0.3) is 0 Å². The Bertz CT molecular complexity index is 322. The average molecular weight is 177 g/mol. The Hall–Kier alpha value is -0.860. The minimum atomic E-state index is -0.333. The van der Waals surface area contributed by atoms with Crippen LogP contribution in [0.15, 0.2) is 18.2 Å². The largest absolute Gasteiger partial charge is 0.387 e. The van der Waals surface area contributed by atoms with E-state index in [2.05, 4.69) is 24.4 Å². The maximum absolute atomic E-state index is 9.87. The summed E-state index contributed by atoms with van der Waals surface area (Å²) < 4.78 is 0. The van der Waals surface area contributed by atoms with Crippen molar-refractivity contribution in [2.75, 3.05) is 7.05 Å². The number of aliphatic hydroxyl groups is 1. The number of hydrogen-bond donors (Lipinski definition) is 2. The zero-order valence-electron chi connectivity index (χ0n) is 8.04. The van der Waals surface area contributed by atoms with E-state index in [1.165, 1.54) is 11.1 Å². The molecule has 1 aromatic rings. The molecule has 1 aromatic carbocycles. The summed E-state index contributed by atoms with van der Waals surface area (Å²) >= 11 is 0. The molecule has 2 N–H and O–H groups in total. The molecule has 0 heterocycles. The van der Waals surface area contributed by atoms with Gasteiger partial charge in [-0.3, -0.25) is 0 Å². The van der Waals surface area contributed by atoms with Gasteiger partial charge in [-0.1, -0.05) is 23.8 Å². The standard InChI is InChI=1S/C11H15NO/c1-7-3-4-9-8(5-7)6-10(12-2)11(9)13/h3-5,10-13H,6H2,1-2H3/t10-,11-/m1/s1. The monoisotopic (exact) mass is 177 g/mol. The normalized spacial score (nSPS) is 26.1. The lowest BCUT2D eigenvalue weighted by Gasteiger charge is -2.12. The minimum Gasteiger partial charge on any atom is -0.387 e. The molecule has 2 nitrogen and oxygen atoms in total. The lowest BCUT2D eigenvalue weighted by molar-refractivity contribution is 0.146. The van der Waals surface area contributed by atoms with Gasteiger partial charge >= 0.3 is 0 Å². The third kappa shape index (κ3) is 1.36. The first-order valence-electron chi connectivity index (χ1n) is 4.67. The Labute approximate surface area is 78.6 Å². The number of likely N-dealkylation sites (N-methyl/N-ethyl adjacent to an activating group) is 1. The molecular formula is C11H15NO. The maximum atomic E-state index is 9.87. The van der Waals surface area contributed by atoms with Gasteiger partial charge in [0.2, 0.25) is 0 Å². The second-order valence-corrected chi connectivity index (χ2v) is 3.75. The van der Waals surface area contributed by atoms with Gasteiger partial charge in [-0.2, -0.15) is 0 Å². The van der Waals surface area contributed by atoms with Gasteiger partial charge in [-0.05, 0) is 31.5 Å². The van der Waals surface area contributed by atoms with Crippen LogP contribution in [-0.2, 0) is 6.42 Å². The Balaban J connectivity index is 2.38. The smallest absolute Gasteiger partial charge is 0.0948 e. The zero-order valence-corrected chi connectivity index (χ0v) is 8.04. The van der Waals surface area contributed by atoms with Crippen molar-refractivity contribution in [1.29, 1.82) is 0 Å². The van der Waals surface area contributed by atoms with E-state index in [-0.39, 0.29) is 12.1 Å². The van der Waals surface area contributed by atoms with E-state index in [0.717, 1.165) is 12.0 Å². The van der Waals surface area contributed by atoms with Crippen molar-refractivity contribution < 1.29 is 5.11 Å². The van der Waals surface area contributed by atoms with Crippen LogP contribution in [0.2, 0.25) is 0 Å². The second-order valence-electron chi connectivity index (χ2n) is 3.75. The van der Waals surface area contributed by atoms with Crippen molar-refractivity contribution in [2.45, 2.75) is 25.5 Å². The highest BCUT2D eigenvalue weighted by molar-refractivity contribution is 5.38. The van der Waals surface area contributed by atoms with Gasteiger partial charge in [0, 0.05) is 6.04 Å². The van der Waals surface area contributed by atoms with Crippen LogP contribution in [0.5, 0.6) is 0 Å². The highest BCUT2D eigenvalue weighted by Gasteiger charge is 2.29. The first-order valence-corrected chi connectivity index (χ1v) is 4.67. The molecule has 1 aliphatic carbocycles. The summed E-state index contributed by atoms with van der Waals surface area (Å²) in [5, 5.41) is 13.0. The van der Waals surface area contributed by atoms with Crippen LogP contribution in [0, 0.1) is 6.92 Å². The summed E-state index contributed by atoms with van der Waals surface area (Å²) in [6.45, 7) is 2.08. The first-order chi connectivity index (χ1) is 6.22. The quantitative estimate of drug-likeness (QED) is 0.675. The number of aliphatic hydroxyl groups excluding tert-OH is 1. The maximum Gasteiger partial charge on any atom is 0.0948 e. The molecular weight excluding hydrogens is 162 g/mol. The van der Waals surface area contributed by atoms with Crippen molar-refractivity contribution in [3.05, 3.63) is 34.9 Å². The molecule has 0 saturated carbocycles. The van der Waals surface area contributed by atoms with E-state index in [0.29, 0.717) is 0 Å². The molecule has 0 aliphatic heterocycles. The fourth-order valence-corrected chi connectivity index (χ4v) is 2.03. The van der Waals surface area contributed by atoms with E-state index >= 15 is 0 Å². The topological polar surface area (TPSA) is 32.3 Å². The van der Waals surface area contributed by atoms with Gasteiger partial charge < -0.3 is 10.4 Å². The summed E-state index contributed by atoms with van der Waals surface area (Å²) in [4.78, 5) is 0. The number of fused-ring (bicyclic) bond motifs is 1. The molecule has 0 fully saturated rings. The Kier molecular flexibility index (Phi) is 2.10. The lowest BCUT2D eigenvalue weighted by Crippen LogP contribution is -2.29. The van der Waals surface area contributed by atoms with Crippen molar-refractivity contribution >= 4 is 0 Å². The molecule has 1 aliphatic rings. The van der Waals surface area contributed by atoms with Crippen LogP contribution in [0.1, 0.15) is 22.8 Å². The summed E-state index contributed by atoms with van der Waals surface area (Å²) in [5.41, 5.74) is 3.64. The van der Waals surface area contributed by atoms with Crippen LogP contribution in [0.25, 0.3) is 0 Å². The first kappa shape index (κ1) is 8.73. The van der Waals surface area contributed by atoms with Gasteiger partial charge in [0.05, 0.1) is 6.10 Å². The Morgan fingerprint density at radius 3 is 2.92 bits per heavy atom. The molecule has 0 radical (unpaired) electrons. The second kappa shape index (κ2) is 3.13. The van der Waals surface area contributed by atoms with Crippen LogP contribution in [0.4, 0.5) is 0 Å². The fraction of sp³-hybridized carbons (Fsp3) is 0.455. The number of hydrogen-bond acceptors (Lipinski definition) is 2. The van der Waals surface area contributed by atoms with Crippen molar-refractivity contribution in [1.82, 2.24) is 5.32 Å². The van der Waals surface area contributed by atoms with Crippen LogP contribution >= 0.6 is 0 Å². The van der Waals surface area contributed by atoms with Crippen molar-refractivity contribution in [3.63, 3.8) is 0 Å². The minimum absolute atomic E-state index is 0.191. The predicted octanol–water partition coefficient (Wildman–Crippen LogP) is 1.17. The SMILES string of the molecule is CN[C@@H]1Cc2cc(C)ccc2[C@H]1O. The van der Waals surface area contributed by atoms with Crippen molar-refractivity contribution in [2.24, 2.45) is 0 Å². The molecule has 0 spiro atoms. The van der Waals surface area contributed by atoms with E-state index in [1.54, 1.807) is 0 Å². The van der Waals surface area contributed by atoms with Crippen LogP contribution in [-0.4, -0.2) is 18.2 Å². The third-order valence-electron chi connectivity index (χ3n) is 2.81. The Morgan fingerprint density at radius 2 is 2.23 bits per heavy atom. The van der Waals surface area contributed by atoms with Gasteiger partial charge in [-0.15, -0.1) is 0 Å². The molecule has 70 valence electrons. The zero-order chi connectivity index (χ0) is 9.42. The van der Waals surface area contributed by atoms with E-state index in [4.69, 9.17) is 0 Å². The van der Waals surface area contributed by atoms with Crippen LogP contribution < -0.4 is 5.32 Å². The number of rotatable bonds is 1. The summed E-state index contributed by atoms with van der Waals surface area (Å²) in [6, 6.07) is 6.44. The number of aryl methyl sites for hydroxylation is 1.